The highest BCUT2D eigenvalue weighted by molar-refractivity contribution is 6.30. The normalized spacial score (nSPS) is 11.3. The molecule has 6 rings (SSSR count). The number of rotatable bonds is 7. The smallest absolute Gasteiger partial charge is 0.234 e. The van der Waals surface area contributed by atoms with Gasteiger partial charge in [0.05, 0.1) is 11.8 Å². The average Bonchev–Trinajstić information content (AvgIpc) is 3.54. The van der Waals surface area contributed by atoms with Gasteiger partial charge in [-0.2, -0.15) is 14.6 Å². The molecule has 0 spiro atoms. The SMILES string of the molecule is O=C(Cc1ccccc1)Nc1nc2nn(CCc3ccccc3)cc2c2nc(-c3ccc(Cl)cc3)nn12. The van der Waals surface area contributed by atoms with Crippen LogP contribution in [0, 0.1) is 0 Å². The van der Waals surface area contributed by atoms with Gasteiger partial charge in [-0.3, -0.25) is 14.8 Å². The Morgan fingerprint density at radius 1 is 0.838 bits per heavy atom. The van der Waals surface area contributed by atoms with Gasteiger partial charge < -0.3 is 0 Å². The summed E-state index contributed by atoms with van der Waals surface area (Å²) in [7, 11) is 0. The van der Waals surface area contributed by atoms with Crippen LogP contribution in [0.5, 0.6) is 0 Å². The van der Waals surface area contributed by atoms with Crippen LogP contribution in [0.1, 0.15) is 11.1 Å². The first-order valence-corrected chi connectivity index (χ1v) is 12.3. The second kappa shape index (κ2) is 9.83. The third kappa shape index (κ3) is 4.92. The fraction of sp³-hybridized carbons (Fsp3) is 0.107. The molecule has 0 saturated carbocycles. The van der Waals surface area contributed by atoms with E-state index in [1.54, 1.807) is 16.6 Å². The standard InChI is InChI=1S/C28H22ClN7O/c29-22-13-11-21(12-14-22)25-31-27-23-18-35(16-15-19-7-3-1-4-8-19)33-26(23)32-28(36(27)34-25)30-24(37)17-20-9-5-2-6-10-20/h1-14,18H,15-17H2,(H,30,32,33,37). The van der Waals surface area contributed by atoms with Crippen LogP contribution < -0.4 is 5.32 Å². The Morgan fingerprint density at radius 3 is 2.27 bits per heavy atom. The van der Waals surface area contributed by atoms with Crippen molar-refractivity contribution >= 4 is 40.1 Å². The molecule has 0 aliphatic carbocycles. The summed E-state index contributed by atoms with van der Waals surface area (Å²) in [5.74, 6) is 0.567. The third-order valence-electron chi connectivity index (χ3n) is 6.04. The number of aromatic nitrogens is 6. The summed E-state index contributed by atoms with van der Waals surface area (Å²) in [5.41, 5.74) is 3.99. The van der Waals surface area contributed by atoms with Crippen LogP contribution in [-0.4, -0.2) is 35.3 Å². The maximum Gasteiger partial charge on any atom is 0.234 e. The molecular weight excluding hydrogens is 486 g/mol. The number of nitrogens with one attached hydrogen (secondary N) is 1. The number of anilines is 1. The molecule has 0 unspecified atom stereocenters. The summed E-state index contributed by atoms with van der Waals surface area (Å²) in [6.45, 7) is 0.681. The number of amides is 1. The number of fused-ring (bicyclic) bond motifs is 3. The molecule has 3 aromatic carbocycles. The molecule has 3 aromatic heterocycles. The summed E-state index contributed by atoms with van der Waals surface area (Å²) >= 11 is 6.07. The molecule has 0 bridgehead atoms. The minimum atomic E-state index is -0.202. The highest BCUT2D eigenvalue weighted by Crippen LogP contribution is 2.25. The zero-order valence-corrected chi connectivity index (χ0v) is 20.5. The van der Waals surface area contributed by atoms with E-state index in [0.717, 1.165) is 22.9 Å². The van der Waals surface area contributed by atoms with E-state index in [4.69, 9.17) is 16.6 Å². The van der Waals surface area contributed by atoms with Gasteiger partial charge in [0, 0.05) is 23.3 Å². The number of halogens is 1. The summed E-state index contributed by atoms with van der Waals surface area (Å²) < 4.78 is 3.43. The maximum atomic E-state index is 12.9. The highest BCUT2D eigenvalue weighted by Gasteiger charge is 2.19. The molecular formula is C28H22ClN7O. The molecule has 0 saturated heterocycles. The molecule has 37 heavy (non-hydrogen) atoms. The lowest BCUT2D eigenvalue weighted by Gasteiger charge is -2.06. The quantitative estimate of drug-likeness (QED) is 0.320. The molecule has 0 aliphatic heterocycles. The van der Waals surface area contributed by atoms with Gasteiger partial charge in [-0.1, -0.05) is 72.3 Å². The summed E-state index contributed by atoms with van der Waals surface area (Å²) in [6, 6.07) is 27.1. The van der Waals surface area contributed by atoms with Crippen molar-refractivity contribution in [3.05, 3.63) is 107 Å². The zero-order chi connectivity index (χ0) is 25.2. The van der Waals surface area contributed by atoms with Crippen molar-refractivity contribution in [1.29, 1.82) is 0 Å². The fourth-order valence-corrected chi connectivity index (χ4v) is 4.31. The Labute approximate surface area is 217 Å². The highest BCUT2D eigenvalue weighted by atomic mass is 35.5. The number of aryl methyl sites for hydroxylation is 2. The molecule has 0 atom stereocenters. The van der Waals surface area contributed by atoms with E-state index in [1.807, 2.05) is 71.5 Å². The minimum absolute atomic E-state index is 0.202. The second-order valence-corrected chi connectivity index (χ2v) is 9.13. The van der Waals surface area contributed by atoms with E-state index in [1.165, 1.54) is 5.56 Å². The topological polar surface area (TPSA) is 90.0 Å². The maximum absolute atomic E-state index is 12.9. The van der Waals surface area contributed by atoms with E-state index in [-0.39, 0.29) is 18.3 Å². The largest absolute Gasteiger partial charge is 0.294 e. The van der Waals surface area contributed by atoms with Gasteiger partial charge in [0.15, 0.2) is 17.1 Å². The summed E-state index contributed by atoms with van der Waals surface area (Å²) in [6.07, 6.45) is 2.97. The molecule has 0 fully saturated rings. The summed E-state index contributed by atoms with van der Waals surface area (Å²) in [5, 5.41) is 13.6. The lowest BCUT2D eigenvalue weighted by molar-refractivity contribution is -0.115. The van der Waals surface area contributed by atoms with E-state index in [9.17, 15) is 4.79 Å². The third-order valence-corrected chi connectivity index (χ3v) is 6.29. The van der Waals surface area contributed by atoms with Gasteiger partial charge in [-0.25, -0.2) is 4.98 Å². The van der Waals surface area contributed by atoms with Crippen LogP contribution >= 0.6 is 11.6 Å². The van der Waals surface area contributed by atoms with Crippen molar-refractivity contribution in [3.8, 4) is 11.4 Å². The van der Waals surface area contributed by atoms with Gasteiger partial charge in [0.2, 0.25) is 11.9 Å². The minimum Gasteiger partial charge on any atom is -0.294 e. The first-order valence-electron chi connectivity index (χ1n) is 11.9. The molecule has 0 radical (unpaired) electrons. The van der Waals surface area contributed by atoms with E-state index < -0.39 is 0 Å². The first kappa shape index (κ1) is 22.9. The van der Waals surface area contributed by atoms with Gasteiger partial charge in [-0.15, -0.1) is 5.10 Å². The molecule has 9 heteroatoms. The fourth-order valence-electron chi connectivity index (χ4n) is 4.19. The summed E-state index contributed by atoms with van der Waals surface area (Å²) in [4.78, 5) is 22.3. The lowest BCUT2D eigenvalue weighted by atomic mass is 10.1. The molecule has 1 N–H and O–H groups in total. The van der Waals surface area contributed by atoms with Crippen molar-refractivity contribution in [1.82, 2.24) is 29.4 Å². The number of hydrogen-bond donors (Lipinski definition) is 1. The Hall–Kier alpha value is -4.56. The van der Waals surface area contributed by atoms with Crippen LogP contribution in [0.4, 0.5) is 5.95 Å². The molecule has 1 amide bonds. The number of benzene rings is 3. The van der Waals surface area contributed by atoms with Crippen LogP contribution in [0.15, 0.2) is 91.1 Å². The predicted octanol–water partition coefficient (Wildman–Crippen LogP) is 5.22. The van der Waals surface area contributed by atoms with Crippen molar-refractivity contribution in [2.24, 2.45) is 0 Å². The Morgan fingerprint density at radius 2 is 1.54 bits per heavy atom. The first-order chi connectivity index (χ1) is 18.1. The number of carbonyl (C=O) groups excluding carboxylic acids is 1. The Balaban J connectivity index is 1.39. The Kier molecular flexibility index (Phi) is 6.08. The second-order valence-electron chi connectivity index (χ2n) is 8.69. The van der Waals surface area contributed by atoms with Gasteiger partial charge in [0.1, 0.15) is 0 Å². The van der Waals surface area contributed by atoms with E-state index >= 15 is 0 Å². The predicted molar refractivity (Wildman–Crippen MR) is 143 cm³/mol. The molecule has 0 aliphatic rings. The van der Waals surface area contributed by atoms with Crippen molar-refractivity contribution in [2.75, 3.05) is 5.32 Å². The molecule has 3 heterocycles. The molecule has 8 nitrogen and oxygen atoms in total. The zero-order valence-electron chi connectivity index (χ0n) is 19.8. The average molecular weight is 508 g/mol. The van der Waals surface area contributed by atoms with Crippen LogP contribution in [0.3, 0.4) is 0 Å². The molecule has 6 aromatic rings. The molecule has 182 valence electrons. The van der Waals surface area contributed by atoms with Crippen molar-refractivity contribution in [2.45, 2.75) is 19.4 Å². The van der Waals surface area contributed by atoms with E-state index in [2.05, 4.69) is 32.6 Å². The van der Waals surface area contributed by atoms with Crippen molar-refractivity contribution < 1.29 is 4.79 Å². The van der Waals surface area contributed by atoms with Gasteiger partial charge in [-0.05, 0) is 41.8 Å². The van der Waals surface area contributed by atoms with Crippen LogP contribution in [-0.2, 0) is 24.2 Å². The van der Waals surface area contributed by atoms with Gasteiger partial charge >= 0.3 is 0 Å². The van der Waals surface area contributed by atoms with Gasteiger partial charge in [0.25, 0.3) is 0 Å². The van der Waals surface area contributed by atoms with Crippen LogP contribution in [0.2, 0.25) is 5.02 Å². The van der Waals surface area contributed by atoms with Crippen molar-refractivity contribution in [3.63, 3.8) is 0 Å². The number of carbonyl (C=O) groups is 1. The van der Waals surface area contributed by atoms with E-state index in [0.29, 0.717) is 28.7 Å². The lowest BCUT2D eigenvalue weighted by Crippen LogP contribution is -2.18. The monoisotopic (exact) mass is 507 g/mol. The Bertz CT molecular complexity index is 1690. The number of hydrogen-bond acceptors (Lipinski definition) is 5. The van der Waals surface area contributed by atoms with Crippen LogP contribution in [0.25, 0.3) is 28.1 Å². The number of nitrogens with zero attached hydrogens (tertiary/aromatic N) is 6.